The van der Waals surface area contributed by atoms with E-state index in [1.807, 2.05) is 30.4 Å². The smallest absolute Gasteiger partial charge is 0.255 e. The topological polar surface area (TPSA) is 79.5 Å². The lowest BCUT2D eigenvalue weighted by molar-refractivity contribution is -0.135. The van der Waals surface area contributed by atoms with Gasteiger partial charge in [0.15, 0.2) is 0 Å². The SMILES string of the molecule is O=C1N[C@@H]2CCCC[C@H]2NC(=O)C2(C/C=C\COc3ccccc31)CNC2. The van der Waals surface area contributed by atoms with Crippen LogP contribution in [0.25, 0.3) is 0 Å². The average molecular weight is 369 g/mol. The van der Waals surface area contributed by atoms with Gasteiger partial charge in [-0.3, -0.25) is 9.59 Å². The Morgan fingerprint density at radius 2 is 1.70 bits per heavy atom. The molecule has 1 spiro atoms. The second kappa shape index (κ2) is 7.72. The minimum absolute atomic E-state index is 0.0207. The van der Waals surface area contributed by atoms with Gasteiger partial charge in [-0.05, 0) is 31.4 Å². The van der Waals surface area contributed by atoms with Gasteiger partial charge in [0.05, 0.1) is 11.0 Å². The molecule has 0 aromatic heterocycles. The monoisotopic (exact) mass is 369 g/mol. The summed E-state index contributed by atoms with van der Waals surface area (Å²) >= 11 is 0. The van der Waals surface area contributed by atoms with Crippen LogP contribution in [-0.4, -0.2) is 43.6 Å². The van der Waals surface area contributed by atoms with Crippen molar-refractivity contribution < 1.29 is 14.3 Å². The normalized spacial score (nSPS) is 29.0. The van der Waals surface area contributed by atoms with Crippen LogP contribution in [0.15, 0.2) is 36.4 Å². The van der Waals surface area contributed by atoms with Crippen LogP contribution in [0.5, 0.6) is 5.75 Å². The van der Waals surface area contributed by atoms with E-state index < -0.39 is 0 Å². The lowest BCUT2D eigenvalue weighted by Crippen LogP contribution is -2.64. The summed E-state index contributed by atoms with van der Waals surface area (Å²) in [5, 5.41) is 9.63. The standard InChI is InChI=1S/C21H27N3O3/c25-19-15-7-1-4-10-18(15)27-12-6-5-11-21(13-22-14-21)20(26)24-17-9-3-2-8-16(17)23-19/h1,4-7,10,16-17,22H,2-3,8-9,11-14H2,(H,23,25)(H,24,26)/b6-5-/t16-,17-/m1/s1. The molecule has 1 aliphatic carbocycles. The van der Waals surface area contributed by atoms with E-state index >= 15 is 0 Å². The molecule has 3 aliphatic rings. The highest BCUT2D eigenvalue weighted by Crippen LogP contribution is 2.30. The van der Waals surface area contributed by atoms with Crippen molar-refractivity contribution in [3.8, 4) is 5.75 Å². The number of amides is 2. The van der Waals surface area contributed by atoms with Gasteiger partial charge in [-0.1, -0.05) is 37.1 Å². The summed E-state index contributed by atoms with van der Waals surface area (Å²) in [6.45, 7) is 1.76. The minimum Gasteiger partial charge on any atom is -0.489 e. The third kappa shape index (κ3) is 3.72. The van der Waals surface area contributed by atoms with Crippen molar-refractivity contribution in [3.05, 3.63) is 42.0 Å². The van der Waals surface area contributed by atoms with Crippen molar-refractivity contribution in [3.63, 3.8) is 0 Å². The van der Waals surface area contributed by atoms with Crippen molar-refractivity contribution in [1.82, 2.24) is 16.0 Å². The molecule has 1 saturated heterocycles. The second-order valence-electron chi connectivity index (χ2n) is 7.81. The number of ether oxygens (including phenoxy) is 1. The summed E-state index contributed by atoms with van der Waals surface area (Å²) in [4.78, 5) is 25.9. The molecule has 0 radical (unpaired) electrons. The summed E-state index contributed by atoms with van der Waals surface area (Å²) in [7, 11) is 0. The van der Waals surface area contributed by atoms with Crippen molar-refractivity contribution in [2.75, 3.05) is 19.7 Å². The second-order valence-corrected chi connectivity index (χ2v) is 7.81. The maximum Gasteiger partial charge on any atom is 0.255 e. The van der Waals surface area contributed by atoms with Crippen LogP contribution in [0.4, 0.5) is 0 Å². The van der Waals surface area contributed by atoms with Gasteiger partial charge in [0, 0.05) is 25.2 Å². The van der Waals surface area contributed by atoms with E-state index in [1.54, 1.807) is 6.07 Å². The summed E-state index contributed by atoms with van der Waals surface area (Å²) < 4.78 is 5.82. The molecule has 0 bridgehead atoms. The van der Waals surface area contributed by atoms with Gasteiger partial charge in [0.25, 0.3) is 5.91 Å². The van der Waals surface area contributed by atoms with Crippen LogP contribution >= 0.6 is 0 Å². The maximum absolute atomic E-state index is 13.0. The quantitative estimate of drug-likeness (QED) is 0.609. The average Bonchev–Trinajstić information content (AvgIpc) is 2.64. The fourth-order valence-electron chi connectivity index (χ4n) is 4.16. The predicted molar refractivity (Wildman–Crippen MR) is 103 cm³/mol. The van der Waals surface area contributed by atoms with Gasteiger partial charge in [-0.15, -0.1) is 0 Å². The molecule has 2 atom stereocenters. The molecule has 2 heterocycles. The Morgan fingerprint density at radius 3 is 2.44 bits per heavy atom. The molecule has 144 valence electrons. The number of para-hydroxylation sites is 1. The van der Waals surface area contributed by atoms with E-state index in [9.17, 15) is 9.59 Å². The molecule has 1 aromatic rings. The van der Waals surface area contributed by atoms with Crippen molar-refractivity contribution in [1.29, 1.82) is 0 Å². The van der Waals surface area contributed by atoms with Gasteiger partial charge in [-0.25, -0.2) is 0 Å². The number of allylic oxidation sites excluding steroid dienone is 1. The molecular weight excluding hydrogens is 342 g/mol. The highest BCUT2D eigenvalue weighted by atomic mass is 16.5. The van der Waals surface area contributed by atoms with Gasteiger partial charge in [-0.2, -0.15) is 0 Å². The number of rotatable bonds is 0. The molecule has 0 unspecified atom stereocenters. The van der Waals surface area contributed by atoms with E-state index in [1.165, 1.54) is 0 Å². The molecule has 4 rings (SSSR count). The van der Waals surface area contributed by atoms with E-state index in [0.717, 1.165) is 25.7 Å². The number of nitrogens with one attached hydrogen (secondary N) is 3. The molecular formula is C21H27N3O3. The predicted octanol–water partition coefficient (Wildman–Crippen LogP) is 1.77. The van der Waals surface area contributed by atoms with Crippen molar-refractivity contribution >= 4 is 11.8 Å². The zero-order valence-corrected chi connectivity index (χ0v) is 15.5. The fourth-order valence-corrected chi connectivity index (χ4v) is 4.16. The highest BCUT2D eigenvalue weighted by molar-refractivity contribution is 5.97. The van der Waals surface area contributed by atoms with Gasteiger partial charge in [0.1, 0.15) is 12.4 Å². The molecule has 27 heavy (non-hydrogen) atoms. The molecule has 3 N–H and O–H groups in total. The van der Waals surface area contributed by atoms with E-state index in [0.29, 0.717) is 37.4 Å². The molecule has 1 saturated carbocycles. The first-order chi connectivity index (χ1) is 13.2. The Hall–Kier alpha value is -2.34. The van der Waals surface area contributed by atoms with Crippen LogP contribution in [0.3, 0.4) is 0 Å². The highest BCUT2D eigenvalue weighted by Gasteiger charge is 2.44. The Balaban J connectivity index is 1.62. The van der Waals surface area contributed by atoms with Gasteiger partial charge >= 0.3 is 0 Å². The first-order valence-electron chi connectivity index (χ1n) is 9.87. The molecule has 6 heteroatoms. The van der Waals surface area contributed by atoms with Crippen LogP contribution in [0.1, 0.15) is 42.5 Å². The van der Waals surface area contributed by atoms with E-state index in [2.05, 4.69) is 16.0 Å². The van der Waals surface area contributed by atoms with Gasteiger partial charge < -0.3 is 20.7 Å². The molecule has 6 nitrogen and oxygen atoms in total. The number of carbonyl (C=O) groups is 2. The number of hydrogen-bond donors (Lipinski definition) is 3. The third-order valence-electron chi connectivity index (χ3n) is 5.95. The molecule has 2 fully saturated rings. The Morgan fingerprint density at radius 1 is 0.963 bits per heavy atom. The molecule has 2 aliphatic heterocycles. The van der Waals surface area contributed by atoms with Gasteiger partial charge in [0.2, 0.25) is 5.91 Å². The first kappa shape index (κ1) is 18.0. The summed E-state index contributed by atoms with van der Waals surface area (Å²) in [6, 6.07) is 7.25. The fraction of sp³-hybridized carbons (Fsp3) is 0.524. The zero-order chi connectivity index (χ0) is 18.7. The van der Waals surface area contributed by atoms with Crippen LogP contribution in [-0.2, 0) is 4.79 Å². The number of carbonyl (C=O) groups excluding carboxylic acids is 2. The third-order valence-corrected chi connectivity index (χ3v) is 5.95. The number of hydrogen-bond acceptors (Lipinski definition) is 4. The molecule has 1 aromatic carbocycles. The summed E-state index contributed by atoms with van der Waals surface area (Å²) in [6.07, 6.45) is 8.55. The first-order valence-corrected chi connectivity index (χ1v) is 9.87. The Bertz CT molecular complexity index is 742. The number of fused-ring (bicyclic) bond motifs is 2. The van der Waals surface area contributed by atoms with E-state index in [4.69, 9.17) is 4.74 Å². The van der Waals surface area contributed by atoms with Crippen LogP contribution in [0.2, 0.25) is 0 Å². The van der Waals surface area contributed by atoms with Crippen molar-refractivity contribution in [2.45, 2.75) is 44.2 Å². The minimum atomic E-state index is -0.384. The van der Waals surface area contributed by atoms with Crippen molar-refractivity contribution in [2.24, 2.45) is 5.41 Å². The lowest BCUT2D eigenvalue weighted by atomic mass is 9.76. The Labute approximate surface area is 159 Å². The van der Waals surface area contributed by atoms with Crippen LogP contribution in [0, 0.1) is 5.41 Å². The zero-order valence-electron chi connectivity index (χ0n) is 15.5. The largest absolute Gasteiger partial charge is 0.489 e. The summed E-state index contributed by atoms with van der Waals surface area (Å²) in [5.74, 6) is 0.543. The lowest BCUT2D eigenvalue weighted by Gasteiger charge is -2.43. The Kier molecular flexibility index (Phi) is 5.16. The van der Waals surface area contributed by atoms with Crippen LogP contribution < -0.4 is 20.7 Å². The maximum atomic E-state index is 13.0. The summed E-state index contributed by atoms with van der Waals surface area (Å²) in [5.41, 5.74) is 0.156. The molecule has 2 amide bonds. The van der Waals surface area contributed by atoms with E-state index in [-0.39, 0.29) is 29.3 Å². The number of benzene rings is 1.